The quantitative estimate of drug-likeness (QED) is 0.669. The predicted molar refractivity (Wildman–Crippen MR) is 86.8 cm³/mol. The van der Waals surface area contributed by atoms with Gasteiger partial charge < -0.3 is 15.3 Å². The maximum absolute atomic E-state index is 12.1. The van der Waals surface area contributed by atoms with E-state index in [0.29, 0.717) is 25.3 Å². The number of rotatable bonds is 9. The fourth-order valence-electron chi connectivity index (χ4n) is 2.49. The molecule has 1 unspecified atom stereocenters. The minimum Gasteiger partial charge on any atom is -0.479 e. The summed E-state index contributed by atoms with van der Waals surface area (Å²) in [5.74, 6) is -0.266. The lowest BCUT2D eigenvalue weighted by atomic mass is 9.99. The largest absolute Gasteiger partial charge is 0.479 e. The first-order valence-corrected chi connectivity index (χ1v) is 9.00. The molecule has 1 saturated heterocycles. The number of carbonyl (C=O) groups excluding carboxylic acids is 2. The molecule has 126 valence electrons. The van der Waals surface area contributed by atoms with Crippen molar-refractivity contribution in [2.45, 2.75) is 51.5 Å². The van der Waals surface area contributed by atoms with Gasteiger partial charge in [-0.1, -0.05) is 13.8 Å². The van der Waals surface area contributed by atoms with E-state index in [2.05, 4.69) is 5.32 Å². The molecule has 0 aromatic rings. The molecule has 0 bridgehead atoms. The van der Waals surface area contributed by atoms with Crippen molar-refractivity contribution in [2.24, 2.45) is 0 Å². The number of hydrogen-bond donors (Lipinski definition) is 2. The van der Waals surface area contributed by atoms with E-state index >= 15 is 0 Å². The molecule has 0 spiro atoms. The van der Waals surface area contributed by atoms with Gasteiger partial charge in [0.05, 0.1) is 0 Å². The number of nitrogens with one attached hydrogen (secondary N) is 1. The van der Waals surface area contributed by atoms with Crippen LogP contribution in [0.1, 0.15) is 46.0 Å². The normalized spacial score (nSPS) is 20.6. The van der Waals surface area contributed by atoms with Gasteiger partial charge in [0.1, 0.15) is 5.54 Å². The number of carboxylic acids is 1. The minimum absolute atomic E-state index is 0.0379. The molecule has 7 heteroatoms. The van der Waals surface area contributed by atoms with E-state index in [9.17, 15) is 19.5 Å². The van der Waals surface area contributed by atoms with Gasteiger partial charge in [-0.05, 0) is 25.0 Å². The summed E-state index contributed by atoms with van der Waals surface area (Å²) in [5, 5.41) is 11.9. The van der Waals surface area contributed by atoms with Gasteiger partial charge >= 0.3 is 5.97 Å². The van der Waals surface area contributed by atoms with Gasteiger partial charge in [-0.3, -0.25) is 9.59 Å². The second-order valence-electron chi connectivity index (χ2n) is 5.62. The first-order valence-electron chi connectivity index (χ1n) is 7.85. The lowest BCUT2D eigenvalue weighted by Crippen LogP contribution is -2.54. The Morgan fingerprint density at radius 3 is 2.27 bits per heavy atom. The van der Waals surface area contributed by atoms with Crippen LogP contribution in [0.4, 0.5) is 0 Å². The third kappa shape index (κ3) is 5.19. The summed E-state index contributed by atoms with van der Waals surface area (Å²) in [5.41, 5.74) is -1.16. The van der Waals surface area contributed by atoms with E-state index in [0.717, 1.165) is 18.6 Å². The zero-order valence-corrected chi connectivity index (χ0v) is 14.2. The Kier molecular flexibility index (Phi) is 7.72. The van der Waals surface area contributed by atoms with E-state index in [4.69, 9.17) is 0 Å². The van der Waals surface area contributed by atoms with E-state index in [1.807, 2.05) is 13.8 Å². The average molecular weight is 330 g/mol. The highest BCUT2D eigenvalue weighted by atomic mass is 32.2. The molecule has 0 radical (unpaired) electrons. The average Bonchev–Trinajstić information content (AvgIpc) is 2.94. The van der Waals surface area contributed by atoms with Crippen molar-refractivity contribution >= 4 is 29.5 Å². The Hall–Kier alpha value is -1.24. The van der Waals surface area contributed by atoms with Gasteiger partial charge in [0.15, 0.2) is 0 Å². The van der Waals surface area contributed by atoms with Gasteiger partial charge in [-0.25, -0.2) is 4.79 Å². The molecule has 0 aliphatic carbocycles. The summed E-state index contributed by atoms with van der Waals surface area (Å²) in [6.07, 6.45) is 2.39. The fraction of sp³-hybridized carbons (Fsp3) is 0.800. The number of aliphatic carboxylic acids is 1. The fourth-order valence-corrected chi connectivity index (χ4v) is 3.82. The molecule has 22 heavy (non-hydrogen) atoms. The summed E-state index contributed by atoms with van der Waals surface area (Å²) in [4.78, 5) is 37.2. The van der Waals surface area contributed by atoms with Gasteiger partial charge in [0.2, 0.25) is 11.8 Å². The smallest absolute Gasteiger partial charge is 0.330 e. The molecule has 0 aromatic heterocycles. The summed E-state index contributed by atoms with van der Waals surface area (Å²) >= 11 is 1.52. The third-order valence-electron chi connectivity index (χ3n) is 3.72. The van der Waals surface area contributed by atoms with Crippen LogP contribution in [0.3, 0.4) is 0 Å². The molecule has 2 N–H and O–H groups in total. The molecular formula is C15H26N2O4S. The summed E-state index contributed by atoms with van der Waals surface area (Å²) < 4.78 is 0. The van der Waals surface area contributed by atoms with Crippen LogP contribution in [-0.2, 0) is 14.4 Å². The molecule has 1 aliphatic heterocycles. The Balaban J connectivity index is 2.47. The van der Waals surface area contributed by atoms with Crippen molar-refractivity contribution in [2.75, 3.05) is 24.6 Å². The Labute approximate surface area is 136 Å². The van der Waals surface area contributed by atoms with Crippen LogP contribution in [0, 0.1) is 0 Å². The highest BCUT2D eigenvalue weighted by molar-refractivity contribution is 7.99. The Bertz CT molecular complexity index is 402. The number of carbonyl (C=O) groups is 3. The zero-order valence-electron chi connectivity index (χ0n) is 13.4. The number of nitrogens with zero attached hydrogens (tertiary/aromatic N) is 1. The number of hydrogen-bond acceptors (Lipinski definition) is 4. The zero-order chi connectivity index (χ0) is 16.6. The maximum Gasteiger partial charge on any atom is 0.330 e. The maximum atomic E-state index is 12.1. The first-order chi connectivity index (χ1) is 10.4. The molecule has 1 heterocycles. The Morgan fingerprint density at radius 2 is 1.82 bits per heavy atom. The van der Waals surface area contributed by atoms with E-state index < -0.39 is 11.5 Å². The van der Waals surface area contributed by atoms with Crippen LogP contribution < -0.4 is 5.32 Å². The van der Waals surface area contributed by atoms with Gasteiger partial charge in [-0.2, -0.15) is 11.8 Å². The van der Waals surface area contributed by atoms with Crippen molar-refractivity contribution < 1.29 is 19.5 Å². The standard InChI is InChI=1S/C15H26N2O4S/c1-3-8-17(9-4-2)13(19)6-5-12(18)16-15(14(20)21)7-10-22-11-15/h3-11H2,1-2H3,(H,16,18)(H,20,21). The van der Waals surface area contributed by atoms with E-state index in [1.54, 1.807) is 4.90 Å². The molecule has 1 atom stereocenters. The molecule has 6 nitrogen and oxygen atoms in total. The van der Waals surface area contributed by atoms with Crippen molar-refractivity contribution in [3.05, 3.63) is 0 Å². The molecular weight excluding hydrogens is 304 g/mol. The van der Waals surface area contributed by atoms with Gasteiger partial charge in [-0.15, -0.1) is 0 Å². The second-order valence-corrected chi connectivity index (χ2v) is 6.72. The topological polar surface area (TPSA) is 86.7 Å². The molecule has 1 fully saturated rings. The minimum atomic E-state index is -1.16. The molecule has 2 amide bonds. The van der Waals surface area contributed by atoms with Crippen molar-refractivity contribution in [1.29, 1.82) is 0 Å². The number of amides is 2. The molecule has 0 saturated carbocycles. The second kappa shape index (κ2) is 9.02. The van der Waals surface area contributed by atoms with Crippen LogP contribution in [0.25, 0.3) is 0 Å². The predicted octanol–water partition coefficient (Wildman–Crippen LogP) is 1.49. The molecule has 0 aromatic carbocycles. The van der Waals surface area contributed by atoms with Gasteiger partial charge in [0.25, 0.3) is 0 Å². The highest BCUT2D eigenvalue weighted by Gasteiger charge is 2.43. The first kappa shape index (κ1) is 18.8. The third-order valence-corrected chi connectivity index (χ3v) is 4.91. The monoisotopic (exact) mass is 330 g/mol. The van der Waals surface area contributed by atoms with Crippen LogP contribution in [-0.4, -0.2) is 57.9 Å². The van der Waals surface area contributed by atoms with Crippen molar-refractivity contribution in [1.82, 2.24) is 10.2 Å². The van der Waals surface area contributed by atoms with E-state index in [1.165, 1.54) is 11.8 Å². The van der Waals surface area contributed by atoms with Gasteiger partial charge in [0, 0.05) is 31.7 Å². The lowest BCUT2D eigenvalue weighted by Gasteiger charge is -2.25. The summed E-state index contributed by atoms with van der Waals surface area (Å²) in [6, 6.07) is 0. The van der Waals surface area contributed by atoms with Crippen LogP contribution >= 0.6 is 11.8 Å². The SMILES string of the molecule is CCCN(CCC)C(=O)CCC(=O)NC1(C(=O)O)CCSC1. The van der Waals surface area contributed by atoms with E-state index in [-0.39, 0.29) is 24.7 Å². The number of thioether (sulfide) groups is 1. The van der Waals surface area contributed by atoms with Crippen LogP contribution in [0.2, 0.25) is 0 Å². The Morgan fingerprint density at radius 1 is 1.18 bits per heavy atom. The summed E-state index contributed by atoms with van der Waals surface area (Å²) in [6.45, 7) is 5.42. The summed E-state index contributed by atoms with van der Waals surface area (Å²) in [7, 11) is 0. The molecule has 1 rings (SSSR count). The highest BCUT2D eigenvalue weighted by Crippen LogP contribution is 2.28. The van der Waals surface area contributed by atoms with Crippen molar-refractivity contribution in [3.8, 4) is 0 Å². The lowest BCUT2D eigenvalue weighted by molar-refractivity contribution is -0.146. The van der Waals surface area contributed by atoms with Crippen LogP contribution in [0.15, 0.2) is 0 Å². The number of carboxylic acid groups (broad SMARTS) is 1. The molecule has 1 aliphatic rings. The van der Waals surface area contributed by atoms with Crippen LogP contribution in [0.5, 0.6) is 0 Å². The van der Waals surface area contributed by atoms with Crippen molar-refractivity contribution in [3.63, 3.8) is 0 Å².